The molecule has 7 nitrogen and oxygen atoms in total. The number of piperidine rings is 1. The van der Waals surface area contributed by atoms with Crippen molar-refractivity contribution in [3.8, 4) is 5.75 Å². The third-order valence-electron chi connectivity index (χ3n) is 4.40. The van der Waals surface area contributed by atoms with Gasteiger partial charge in [-0.05, 0) is 25.0 Å². The maximum atomic E-state index is 5.34. The first-order chi connectivity index (χ1) is 11.8. The van der Waals surface area contributed by atoms with E-state index < -0.39 is 0 Å². The lowest BCUT2D eigenvalue weighted by molar-refractivity contribution is 0.414. The van der Waals surface area contributed by atoms with Gasteiger partial charge >= 0.3 is 0 Å². The number of rotatable bonds is 4. The largest absolute Gasteiger partial charge is 0.497 e. The number of benzene rings is 1. The molecule has 0 aliphatic carbocycles. The van der Waals surface area contributed by atoms with E-state index >= 15 is 0 Å². The van der Waals surface area contributed by atoms with E-state index in [1.807, 2.05) is 22.7 Å². The molecule has 1 aromatic carbocycles. The number of fused-ring (bicyclic) bond motifs is 1. The predicted molar refractivity (Wildman–Crippen MR) is 92.6 cm³/mol. The summed E-state index contributed by atoms with van der Waals surface area (Å²) < 4.78 is 7.21. The second-order valence-corrected chi connectivity index (χ2v) is 5.97. The standard InChI is InChI=1S/C17H20N6O/c1-24-15-6-2-5-14(10-15)22-8-3-4-13(11-22)20-16-17-21-19-12-23(17)9-7-18-16/h2,5-7,9-10,12-13H,3-4,8,11H2,1H3,(H,18,20)/t13-/m0/s1. The van der Waals surface area contributed by atoms with Crippen molar-refractivity contribution in [1.29, 1.82) is 0 Å². The van der Waals surface area contributed by atoms with Gasteiger partial charge in [0.15, 0.2) is 5.82 Å². The van der Waals surface area contributed by atoms with Crippen molar-refractivity contribution in [1.82, 2.24) is 19.6 Å². The third-order valence-corrected chi connectivity index (χ3v) is 4.40. The highest BCUT2D eigenvalue weighted by Gasteiger charge is 2.21. The van der Waals surface area contributed by atoms with E-state index in [2.05, 4.69) is 37.5 Å². The van der Waals surface area contributed by atoms with Crippen LogP contribution in [0.2, 0.25) is 0 Å². The number of aromatic nitrogens is 4. The van der Waals surface area contributed by atoms with Crippen molar-refractivity contribution in [3.05, 3.63) is 43.0 Å². The summed E-state index contributed by atoms with van der Waals surface area (Å²) >= 11 is 0. The van der Waals surface area contributed by atoms with Gasteiger partial charge in [-0.25, -0.2) is 4.98 Å². The molecule has 1 aliphatic heterocycles. The van der Waals surface area contributed by atoms with Crippen LogP contribution < -0.4 is 15.0 Å². The van der Waals surface area contributed by atoms with Crippen LogP contribution in [0.15, 0.2) is 43.0 Å². The molecule has 0 spiro atoms. The van der Waals surface area contributed by atoms with E-state index in [0.717, 1.165) is 43.1 Å². The molecule has 3 heterocycles. The Morgan fingerprint density at radius 3 is 3.21 bits per heavy atom. The van der Waals surface area contributed by atoms with Gasteiger partial charge in [0.1, 0.15) is 12.1 Å². The summed E-state index contributed by atoms with van der Waals surface area (Å²) in [4.78, 5) is 6.81. The molecule has 124 valence electrons. The van der Waals surface area contributed by atoms with Crippen LogP contribution in [0.4, 0.5) is 11.5 Å². The molecule has 1 fully saturated rings. The lowest BCUT2D eigenvalue weighted by atomic mass is 10.0. The van der Waals surface area contributed by atoms with Crippen molar-refractivity contribution < 1.29 is 4.74 Å². The fourth-order valence-electron chi connectivity index (χ4n) is 3.19. The molecule has 7 heteroatoms. The molecular weight excluding hydrogens is 304 g/mol. The Balaban J connectivity index is 1.51. The van der Waals surface area contributed by atoms with Crippen LogP contribution in [-0.4, -0.2) is 45.8 Å². The monoisotopic (exact) mass is 324 g/mol. The van der Waals surface area contributed by atoms with Crippen molar-refractivity contribution in [2.45, 2.75) is 18.9 Å². The van der Waals surface area contributed by atoms with E-state index in [9.17, 15) is 0 Å². The number of nitrogens with zero attached hydrogens (tertiary/aromatic N) is 5. The molecule has 0 radical (unpaired) electrons. The van der Waals surface area contributed by atoms with Gasteiger partial charge in [-0.1, -0.05) is 6.07 Å². The lowest BCUT2D eigenvalue weighted by Gasteiger charge is -2.35. The summed E-state index contributed by atoms with van der Waals surface area (Å²) in [5.41, 5.74) is 1.95. The summed E-state index contributed by atoms with van der Waals surface area (Å²) in [5.74, 6) is 1.67. The SMILES string of the molecule is COc1cccc(N2CCC[C@H](Nc3nccn4cnnc34)C2)c1. The van der Waals surface area contributed by atoms with E-state index in [1.165, 1.54) is 5.69 Å². The third kappa shape index (κ3) is 2.84. The lowest BCUT2D eigenvalue weighted by Crippen LogP contribution is -2.42. The zero-order valence-corrected chi connectivity index (χ0v) is 13.6. The van der Waals surface area contributed by atoms with Gasteiger partial charge in [0.05, 0.1) is 7.11 Å². The Bertz CT molecular complexity index is 833. The smallest absolute Gasteiger partial charge is 0.203 e. The van der Waals surface area contributed by atoms with Crippen LogP contribution in [0.3, 0.4) is 0 Å². The normalized spacial score (nSPS) is 17.9. The van der Waals surface area contributed by atoms with Gasteiger partial charge in [0, 0.05) is 43.3 Å². The molecule has 2 aromatic heterocycles. The Morgan fingerprint density at radius 1 is 1.33 bits per heavy atom. The second-order valence-electron chi connectivity index (χ2n) is 5.97. The number of nitrogens with one attached hydrogen (secondary N) is 1. The van der Waals surface area contributed by atoms with Gasteiger partial charge in [0.2, 0.25) is 5.65 Å². The van der Waals surface area contributed by atoms with Crippen LogP contribution in [0.1, 0.15) is 12.8 Å². The van der Waals surface area contributed by atoms with E-state index in [4.69, 9.17) is 4.74 Å². The van der Waals surface area contributed by atoms with Crippen LogP contribution in [0, 0.1) is 0 Å². The Labute approximate surface area is 140 Å². The average Bonchev–Trinajstić information content (AvgIpc) is 3.12. The molecular formula is C17H20N6O. The van der Waals surface area contributed by atoms with Gasteiger partial charge in [0.25, 0.3) is 0 Å². The average molecular weight is 324 g/mol. The molecule has 1 N–H and O–H groups in total. The molecule has 0 bridgehead atoms. The van der Waals surface area contributed by atoms with Crippen molar-refractivity contribution in [2.24, 2.45) is 0 Å². The Kier molecular flexibility index (Phi) is 3.90. The molecule has 0 amide bonds. The minimum absolute atomic E-state index is 0.320. The first kappa shape index (κ1) is 14.7. The maximum Gasteiger partial charge on any atom is 0.203 e. The van der Waals surface area contributed by atoms with Crippen LogP contribution >= 0.6 is 0 Å². The van der Waals surface area contributed by atoms with Gasteiger partial charge < -0.3 is 15.0 Å². The summed E-state index contributed by atoms with van der Waals surface area (Å²) in [5, 5.41) is 11.6. The first-order valence-corrected chi connectivity index (χ1v) is 8.13. The quantitative estimate of drug-likeness (QED) is 0.794. The van der Waals surface area contributed by atoms with Crippen molar-refractivity contribution >= 4 is 17.2 Å². The van der Waals surface area contributed by atoms with Crippen molar-refractivity contribution in [3.63, 3.8) is 0 Å². The Morgan fingerprint density at radius 2 is 2.29 bits per heavy atom. The fraction of sp³-hybridized carbons (Fsp3) is 0.353. The molecule has 1 atom stereocenters. The topological polar surface area (TPSA) is 67.6 Å². The fourth-order valence-corrected chi connectivity index (χ4v) is 3.19. The highest BCUT2D eigenvalue weighted by atomic mass is 16.5. The summed E-state index contributed by atoms with van der Waals surface area (Å²) in [6.07, 6.45) is 7.54. The number of hydrogen-bond acceptors (Lipinski definition) is 6. The van der Waals surface area contributed by atoms with Gasteiger partial charge in [-0.2, -0.15) is 0 Å². The minimum Gasteiger partial charge on any atom is -0.497 e. The molecule has 24 heavy (non-hydrogen) atoms. The van der Waals surface area contributed by atoms with Crippen LogP contribution in [0.5, 0.6) is 5.75 Å². The maximum absolute atomic E-state index is 5.34. The van der Waals surface area contributed by atoms with Crippen LogP contribution in [-0.2, 0) is 0 Å². The first-order valence-electron chi connectivity index (χ1n) is 8.13. The summed E-state index contributed by atoms with van der Waals surface area (Å²) in [6.45, 7) is 1.97. The zero-order chi connectivity index (χ0) is 16.4. The van der Waals surface area contributed by atoms with E-state index in [-0.39, 0.29) is 0 Å². The number of anilines is 2. The van der Waals surface area contributed by atoms with Gasteiger partial charge in [-0.3, -0.25) is 4.40 Å². The van der Waals surface area contributed by atoms with E-state index in [0.29, 0.717) is 6.04 Å². The molecule has 1 saturated heterocycles. The molecule has 4 rings (SSSR count). The van der Waals surface area contributed by atoms with Crippen molar-refractivity contribution in [2.75, 3.05) is 30.4 Å². The zero-order valence-electron chi connectivity index (χ0n) is 13.6. The predicted octanol–water partition coefficient (Wildman–Crippen LogP) is 2.21. The molecule has 0 unspecified atom stereocenters. The van der Waals surface area contributed by atoms with Gasteiger partial charge in [-0.15, -0.1) is 10.2 Å². The number of ether oxygens (including phenoxy) is 1. The molecule has 0 saturated carbocycles. The van der Waals surface area contributed by atoms with E-state index in [1.54, 1.807) is 19.6 Å². The highest BCUT2D eigenvalue weighted by Crippen LogP contribution is 2.25. The summed E-state index contributed by atoms with van der Waals surface area (Å²) in [7, 11) is 1.70. The number of methoxy groups -OCH3 is 1. The second kappa shape index (κ2) is 6.35. The number of hydrogen-bond donors (Lipinski definition) is 1. The van der Waals surface area contributed by atoms with Crippen LogP contribution in [0.25, 0.3) is 5.65 Å². The highest BCUT2D eigenvalue weighted by molar-refractivity contribution is 5.62. The Hall–Kier alpha value is -2.83. The minimum atomic E-state index is 0.320. The molecule has 3 aromatic rings. The molecule has 1 aliphatic rings. The summed E-state index contributed by atoms with van der Waals surface area (Å²) in [6, 6.07) is 8.53.